The van der Waals surface area contributed by atoms with Crippen LogP contribution in [0.4, 0.5) is 13.2 Å². The molecule has 0 spiro atoms. The van der Waals surface area contributed by atoms with Crippen molar-refractivity contribution in [3.63, 3.8) is 0 Å². The molecule has 12 heteroatoms. The molecular formula is C13H10F3IO7S. The molecular weight excluding hydrogens is 484 g/mol. The summed E-state index contributed by atoms with van der Waals surface area (Å²) >= 11 is 1.79. The fourth-order valence-corrected chi connectivity index (χ4v) is 2.38. The summed E-state index contributed by atoms with van der Waals surface area (Å²) in [6.45, 7) is 0. The van der Waals surface area contributed by atoms with Crippen molar-refractivity contribution in [2.75, 3.05) is 5.75 Å². The van der Waals surface area contributed by atoms with Crippen molar-refractivity contribution in [1.82, 2.24) is 0 Å². The first kappa shape index (κ1) is 21.4. The molecule has 1 aromatic rings. The number of benzene rings is 1. The highest BCUT2D eigenvalue weighted by atomic mass is 127. The van der Waals surface area contributed by atoms with Gasteiger partial charge in [-0.3, -0.25) is 4.55 Å². The van der Waals surface area contributed by atoms with E-state index in [1.807, 2.05) is 0 Å². The van der Waals surface area contributed by atoms with Crippen LogP contribution in [0.25, 0.3) is 0 Å². The van der Waals surface area contributed by atoms with Gasteiger partial charge in [0.15, 0.2) is 0 Å². The van der Waals surface area contributed by atoms with Crippen LogP contribution in [-0.4, -0.2) is 42.9 Å². The molecule has 1 atom stereocenters. The van der Waals surface area contributed by atoms with Crippen molar-refractivity contribution in [3.05, 3.63) is 40.0 Å². The summed E-state index contributed by atoms with van der Waals surface area (Å²) < 4.78 is 78.2. The normalized spacial score (nSPS) is 13.5. The van der Waals surface area contributed by atoms with Crippen molar-refractivity contribution in [2.24, 2.45) is 0 Å². The van der Waals surface area contributed by atoms with Gasteiger partial charge in [0.05, 0.1) is 5.56 Å². The van der Waals surface area contributed by atoms with E-state index in [1.54, 1.807) is 22.6 Å². The van der Waals surface area contributed by atoms with Crippen molar-refractivity contribution in [1.29, 1.82) is 0 Å². The lowest BCUT2D eigenvalue weighted by molar-refractivity contribution is -0.197. The topological polar surface area (TPSA) is 107 Å². The van der Waals surface area contributed by atoms with Crippen LogP contribution < -0.4 is 4.74 Å². The Morgan fingerprint density at radius 1 is 1.24 bits per heavy atom. The lowest BCUT2D eigenvalue weighted by atomic mass is 10.2. The van der Waals surface area contributed by atoms with E-state index < -0.39 is 40.1 Å². The highest BCUT2D eigenvalue weighted by molar-refractivity contribution is 14.1. The fraction of sp³-hybridized carbons (Fsp3) is 0.231. The molecule has 0 aliphatic rings. The van der Waals surface area contributed by atoms with E-state index in [1.165, 1.54) is 4.08 Å². The van der Waals surface area contributed by atoms with Gasteiger partial charge in [-0.2, -0.15) is 21.6 Å². The van der Waals surface area contributed by atoms with Gasteiger partial charge in [0.2, 0.25) is 6.10 Å². The summed E-state index contributed by atoms with van der Waals surface area (Å²) in [5, 5.41) is 0. The maximum atomic E-state index is 12.7. The molecule has 0 aromatic heterocycles. The maximum Gasteiger partial charge on any atom is 0.426 e. The molecule has 0 amide bonds. The molecule has 1 N–H and O–H groups in total. The van der Waals surface area contributed by atoms with Crippen LogP contribution >= 0.6 is 22.6 Å². The highest BCUT2D eigenvalue weighted by Crippen LogP contribution is 2.25. The van der Waals surface area contributed by atoms with Crippen molar-refractivity contribution in [2.45, 2.75) is 12.3 Å². The number of ether oxygens (including phenoxy) is 2. The number of alkyl halides is 3. The number of hydrogen-bond donors (Lipinski definition) is 1. The number of carbonyl (C=O) groups excluding carboxylic acids is 2. The summed E-state index contributed by atoms with van der Waals surface area (Å²) in [5.74, 6) is -3.95. The van der Waals surface area contributed by atoms with Gasteiger partial charge in [-0.05, 0) is 28.3 Å². The molecule has 0 aliphatic carbocycles. The SMILES string of the molecule is O=C(/C=C/I)Oc1ccc(C(=O)OC(CS(=O)(=O)O)C(F)(F)F)cc1. The Balaban J connectivity index is 2.86. The van der Waals surface area contributed by atoms with Crippen LogP contribution in [0.2, 0.25) is 0 Å². The van der Waals surface area contributed by atoms with Crippen LogP contribution in [0, 0.1) is 0 Å². The van der Waals surface area contributed by atoms with E-state index >= 15 is 0 Å². The van der Waals surface area contributed by atoms with Gasteiger partial charge in [-0.15, -0.1) is 0 Å². The van der Waals surface area contributed by atoms with Crippen molar-refractivity contribution < 1.29 is 45.2 Å². The van der Waals surface area contributed by atoms with Crippen LogP contribution in [-0.2, 0) is 19.6 Å². The molecule has 0 radical (unpaired) electrons. The molecule has 0 aliphatic heterocycles. The second-order valence-electron chi connectivity index (χ2n) is 4.42. The lowest BCUT2D eigenvalue weighted by Gasteiger charge is -2.19. The molecule has 138 valence electrons. The third-order valence-electron chi connectivity index (χ3n) is 2.48. The summed E-state index contributed by atoms with van der Waals surface area (Å²) in [5.41, 5.74) is -0.339. The summed E-state index contributed by atoms with van der Waals surface area (Å²) in [7, 11) is -5.02. The molecule has 0 saturated carbocycles. The minimum atomic E-state index is -5.19. The van der Waals surface area contributed by atoms with E-state index in [9.17, 15) is 31.2 Å². The van der Waals surface area contributed by atoms with Gasteiger partial charge in [0, 0.05) is 6.08 Å². The maximum absolute atomic E-state index is 12.7. The highest BCUT2D eigenvalue weighted by Gasteiger charge is 2.45. The zero-order valence-electron chi connectivity index (χ0n) is 12.1. The Morgan fingerprint density at radius 3 is 2.24 bits per heavy atom. The number of rotatable bonds is 6. The summed E-state index contributed by atoms with van der Waals surface area (Å²) in [6, 6.07) is 4.33. The molecule has 7 nitrogen and oxygen atoms in total. The van der Waals surface area contributed by atoms with Gasteiger partial charge < -0.3 is 9.47 Å². The smallest absolute Gasteiger partial charge is 0.426 e. The molecule has 1 rings (SSSR count). The van der Waals surface area contributed by atoms with Gasteiger partial charge in [0.25, 0.3) is 10.1 Å². The Labute approximate surface area is 153 Å². The molecule has 0 fully saturated rings. The summed E-state index contributed by atoms with van der Waals surface area (Å²) in [6.07, 6.45) is -7.10. The minimum Gasteiger partial charge on any atom is -0.448 e. The predicted octanol–water partition coefficient (Wildman–Crippen LogP) is 2.52. The zero-order valence-corrected chi connectivity index (χ0v) is 15.0. The Kier molecular flexibility index (Phi) is 7.37. The van der Waals surface area contributed by atoms with Gasteiger partial charge >= 0.3 is 18.1 Å². The lowest BCUT2D eigenvalue weighted by Crippen LogP contribution is -2.39. The number of halogens is 4. The van der Waals surface area contributed by atoms with E-state index in [0.29, 0.717) is 0 Å². The molecule has 25 heavy (non-hydrogen) atoms. The molecule has 1 aromatic carbocycles. The second kappa shape index (κ2) is 8.62. The minimum absolute atomic E-state index is 0.0290. The van der Waals surface area contributed by atoms with E-state index in [0.717, 1.165) is 30.3 Å². The van der Waals surface area contributed by atoms with Gasteiger partial charge in [0.1, 0.15) is 11.5 Å². The largest absolute Gasteiger partial charge is 0.448 e. The second-order valence-corrected chi connectivity index (χ2v) is 6.64. The third-order valence-corrected chi connectivity index (χ3v) is 3.57. The third kappa shape index (κ3) is 7.83. The average Bonchev–Trinajstić information content (AvgIpc) is 2.45. The van der Waals surface area contributed by atoms with Crippen molar-refractivity contribution >= 4 is 44.6 Å². The molecule has 0 heterocycles. The average molecular weight is 494 g/mol. The first-order chi connectivity index (χ1) is 11.4. The Morgan fingerprint density at radius 2 is 1.80 bits per heavy atom. The van der Waals surface area contributed by atoms with E-state index in [-0.39, 0.29) is 11.3 Å². The predicted molar refractivity (Wildman–Crippen MR) is 86.9 cm³/mol. The van der Waals surface area contributed by atoms with Crippen LogP contribution in [0.1, 0.15) is 10.4 Å². The molecule has 0 saturated heterocycles. The first-order valence-electron chi connectivity index (χ1n) is 6.24. The van der Waals surface area contributed by atoms with E-state index in [2.05, 4.69) is 4.74 Å². The summed E-state index contributed by atoms with van der Waals surface area (Å²) in [4.78, 5) is 22.9. The Hall–Kier alpha value is -1.67. The molecule has 1 unspecified atom stereocenters. The Bertz CT molecular complexity index is 757. The van der Waals surface area contributed by atoms with Crippen LogP contribution in [0.15, 0.2) is 34.4 Å². The van der Waals surface area contributed by atoms with E-state index in [4.69, 9.17) is 9.29 Å². The standard InChI is InChI=1S/C13H10F3IO7S/c14-13(15,16)10(7-25(20,21)22)24-12(19)8-1-3-9(4-2-8)23-11(18)5-6-17/h1-6,10H,7H2,(H,20,21,22)/b6-5+. The number of esters is 2. The quantitative estimate of drug-likeness (QED) is 0.213. The monoisotopic (exact) mass is 494 g/mol. The first-order valence-corrected chi connectivity index (χ1v) is 9.09. The fourth-order valence-electron chi connectivity index (χ4n) is 1.44. The number of hydrogen-bond acceptors (Lipinski definition) is 6. The molecule has 0 bridgehead atoms. The number of carbonyl (C=O) groups is 2. The van der Waals surface area contributed by atoms with Crippen LogP contribution in [0.5, 0.6) is 5.75 Å². The van der Waals surface area contributed by atoms with Crippen molar-refractivity contribution in [3.8, 4) is 5.75 Å². The van der Waals surface area contributed by atoms with Gasteiger partial charge in [-0.25, -0.2) is 9.59 Å². The van der Waals surface area contributed by atoms with Gasteiger partial charge in [-0.1, -0.05) is 22.6 Å². The zero-order chi connectivity index (χ0) is 19.3. The van der Waals surface area contributed by atoms with Crippen LogP contribution in [0.3, 0.4) is 0 Å².